The van der Waals surface area contributed by atoms with Gasteiger partial charge < -0.3 is 18.9 Å². The van der Waals surface area contributed by atoms with Crippen LogP contribution in [0, 0.1) is 0 Å². The zero-order valence-electron chi connectivity index (χ0n) is 11.4. The van der Waals surface area contributed by atoms with Crippen molar-refractivity contribution in [2.75, 3.05) is 13.7 Å². The third-order valence-corrected chi connectivity index (χ3v) is 3.05. The van der Waals surface area contributed by atoms with Crippen LogP contribution in [0.3, 0.4) is 0 Å². The standard InChI is InChI=1S/C16H14O5/c1-18-11-6-8-12(9-7-11)20-16(17)15-10-19-13-4-2-3-5-14(13)21-15/h2-9,15H,10H2,1H3. The highest BCUT2D eigenvalue weighted by atomic mass is 16.6. The van der Waals surface area contributed by atoms with Crippen molar-refractivity contribution in [2.24, 2.45) is 0 Å². The van der Waals surface area contributed by atoms with Gasteiger partial charge >= 0.3 is 5.97 Å². The van der Waals surface area contributed by atoms with Crippen LogP contribution in [0.2, 0.25) is 0 Å². The number of fused-ring (bicyclic) bond motifs is 1. The molecule has 21 heavy (non-hydrogen) atoms. The summed E-state index contributed by atoms with van der Waals surface area (Å²) >= 11 is 0. The number of para-hydroxylation sites is 2. The maximum Gasteiger partial charge on any atom is 0.356 e. The summed E-state index contributed by atoms with van der Waals surface area (Å²) in [6, 6.07) is 14.0. The van der Waals surface area contributed by atoms with Gasteiger partial charge in [-0.3, -0.25) is 0 Å². The fourth-order valence-corrected chi connectivity index (χ4v) is 1.96. The molecule has 0 saturated heterocycles. The van der Waals surface area contributed by atoms with Crippen LogP contribution in [0.5, 0.6) is 23.0 Å². The lowest BCUT2D eigenvalue weighted by Crippen LogP contribution is -2.39. The van der Waals surface area contributed by atoms with Crippen molar-refractivity contribution in [1.29, 1.82) is 0 Å². The molecular weight excluding hydrogens is 272 g/mol. The van der Waals surface area contributed by atoms with Gasteiger partial charge in [0.15, 0.2) is 11.5 Å². The Labute approximate surface area is 122 Å². The molecule has 0 amide bonds. The highest BCUT2D eigenvalue weighted by Gasteiger charge is 2.29. The largest absolute Gasteiger partial charge is 0.497 e. The average molecular weight is 286 g/mol. The summed E-state index contributed by atoms with van der Waals surface area (Å²) in [4.78, 5) is 12.1. The molecule has 1 atom stereocenters. The van der Waals surface area contributed by atoms with Gasteiger partial charge in [-0.2, -0.15) is 0 Å². The number of benzene rings is 2. The zero-order valence-corrected chi connectivity index (χ0v) is 11.4. The predicted octanol–water partition coefficient (Wildman–Crippen LogP) is 2.44. The molecule has 0 bridgehead atoms. The topological polar surface area (TPSA) is 54.0 Å². The molecule has 2 aromatic carbocycles. The molecule has 1 aliphatic heterocycles. The second-order valence-corrected chi connectivity index (χ2v) is 4.46. The first-order valence-electron chi connectivity index (χ1n) is 6.50. The molecule has 0 N–H and O–H groups in total. The zero-order chi connectivity index (χ0) is 14.7. The molecule has 0 radical (unpaired) electrons. The summed E-state index contributed by atoms with van der Waals surface area (Å²) in [5, 5.41) is 0. The van der Waals surface area contributed by atoms with Gasteiger partial charge in [-0.05, 0) is 36.4 Å². The lowest BCUT2D eigenvalue weighted by atomic mass is 10.2. The smallest absolute Gasteiger partial charge is 0.356 e. The molecule has 3 rings (SSSR count). The van der Waals surface area contributed by atoms with Crippen LogP contribution in [0.1, 0.15) is 0 Å². The van der Waals surface area contributed by atoms with E-state index >= 15 is 0 Å². The Hall–Kier alpha value is -2.69. The Bertz CT molecular complexity index is 635. The minimum absolute atomic E-state index is 0.131. The van der Waals surface area contributed by atoms with Gasteiger partial charge in [0.1, 0.15) is 18.1 Å². The maximum absolute atomic E-state index is 12.1. The molecule has 0 aromatic heterocycles. The Morgan fingerprint density at radius 3 is 2.43 bits per heavy atom. The van der Waals surface area contributed by atoms with Crippen LogP contribution < -0.4 is 18.9 Å². The van der Waals surface area contributed by atoms with Gasteiger partial charge in [-0.15, -0.1) is 0 Å². The highest BCUT2D eigenvalue weighted by molar-refractivity contribution is 5.78. The molecule has 0 spiro atoms. The molecule has 1 heterocycles. The predicted molar refractivity (Wildman–Crippen MR) is 75.0 cm³/mol. The molecular formula is C16H14O5. The quantitative estimate of drug-likeness (QED) is 0.641. The van der Waals surface area contributed by atoms with E-state index in [1.807, 2.05) is 12.1 Å². The van der Waals surface area contributed by atoms with Gasteiger partial charge in [0.25, 0.3) is 0 Å². The molecule has 1 aliphatic rings. The molecule has 108 valence electrons. The SMILES string of the molecule is COc1ccc(OC(=O)C2COc3ccccc3O2)cc1. The number of rotatable bonds is 3. The van der Waals surface area contributed by atoms with Crippen LogP contribution >= 0.6 is 0 Å². The fourth-order valence-electron chi connectivity index (χ4n) is 1.96. The van der Waals surface area contributed by atoms with Crippen molar-refractivity contribution < 1.29 is 23.7 Å². The summed E-state index contributed by atoms with van der Waals surface area (Å²) in [5.74, 6) is 1.81. The Balaban J connectivity index is 1.66. The number of methoxy groups -OCH3 is 1. The van der Waals surface area contributed by atoms with Crippen molar-refractivity contribution in [3.05, 3.63) is 48.5 Å². The molecule has 0 fully saturated rings. The Morgan fingerprint density at radius 1 is 1.05 bits per heavy atom. The van der Waals surface area contributed by atoms with Crippen LogP contribution in [-0.2, 0) is 4.79 Å². The van der Waals surface area contributed by atoms with E-state index in [0.717, 1.165) is 0 Å². The number of hydrogen-bond donors (Lipinski definition) is 0. The third kappa shape index (κ3) is 2.91. The normalized spacial score (nSPS) is 16.1. The lowest BCUT2D eigenvalue weighted by molar-refractivity contribution is -0.144. The van der Waals surface area contributed by atoms with Gasteiger partial charge in [0.05, 0.1) is 7.11 Å². The van der Waals surface area contributed by atoms with Crippen molar-refractivity contribution >= 4 is 5.97 Å². The first-order valence-corrected chi connectivity index (χ1v) is 6.50. The average Bonchev–Trinajstić information content (AvgIpc) is 2.55. The first-order chi connectivity index (χ1) is 10.3. The lowest BCUT2D eigenvalue weighted by Gasteiger charge is -2.24. The van der Waals surface area contributed by atoms with Crippen molar-refractivity contribution in [3.63, 3.8) is 0 Å². The van der Waals surface area contributed by atoms with E-state index in [4.69, 9.17) is 18.9 Å². The second kappa shape index (κ2) is 5.75. The Kier molecular flexibility index (Phi) is 3.64. The van der Waals surface area contributed by atoms with Crippen LogP contribution in [0.4, 0.5) is 0 Å². The van der Waals surface area contributed by atoms with Gasteiger partial charge in [-0.25, -0.2) is 4.79 Å². The minimum Gasteiger partial charge on any atom is -0.497 e. The van der Waals surface area contributed by atoms with Gasteiger partial charge in [0.2, 0.25) is 6.10 Å². The number of carbonyl (C=O) groups is 1. The van der Waals surface area contributed by atoms with Gasteiger partial charge in [0, 0.05) is 0 Å². The van der Waals surface area contributed by atoms with Crippen molar-refractivity contribution in [3.8, 4) is 23.0 Å². The summed E-state index contributed by atoms with van der Waals surface area (Å²) in [7, 11) is 1.58. The van der Waals surface area contributed by atoms with Crippen LogP contribution in [-0.4, -0.2) is 25.8 Å². The fraction of sp³-hybridized carbons (Fsp3) is 0.188. The van der Waals surface area contributed by atoms with E-state index in [0.29, 0.717) is 23.0 Å². The minimum atomic E-state index is -0.776. The third-order valence-electron chi connectivity index (χ3n) is 3.05. The molecule has 1 unspecified atom stereocenters. The van der Waals surface area contributed by atoms with E-state index in [1.54, 1.807) is 43.5 Å². The van der Waals surface area contributed by atoms with Crippen LogP contribution in [0.25, 0.3) is 0 Å². The molecule has 5 nitrogen and oxygen atoms in total. The summed E-state index contributed by atoms with van der Waals surface area (Å²) in [6.45, 7) is 0.131. The van der Waals surface area contributed by atoms with E-state index < -0.39 is 12.1 Å². The Morgan fingerprint density at radius 2 is 1.71 bits per heavy atom. The number of hydrogen-bond acceptors (Lipinski definition) is 5. The van der Waals surface area contributed by atoms with Crippen molar-refractivity contribution in [1.82, 2.24) is 0 Å². The summed E-state index contributed by atoms with van der Waals surface area (Å²) in [5.41, 5.74) is 0. The van der Waals surface area contributed by atoms with E-state index in [1.165, 1.54) is 0 Å². The second-order valence-electron chi connectivity index (χ2n) is 4.46. The van der Waals surface area contributed by atoms with E-state index in [2.05, 4.69) is 0 Å². The number of esters is 1. The highest BCUT2D eigenvalue weighted by Crippen LogP contribution is 2.31. The monoisotopic (exact) mass is 286 g/mol. The molecule has 0 saturated carbocycles. The van der Waals surface area contributed by atoms with E-state index in [-0.39, 0.29) is 6.61 Å². The van der Waals surface area contributed by atoms with Gasteiger partial charge in [-0.1, -0.05) is 12.1 Å². The van der Waals surface area contributed by atoms with Crippen molar-refractivity contribution in [2.45, 2.75) is 6.10 Å². The molecule has 2 aromatic rings. The number of ether oxygens (including phenoxy) is 4. The van der Waals surface area contributed by atoms with E-state index in [9.17, 15) is 4.79 Å². The molecule has 0 aliphatic carbocycles. The molecule has 5 heteroatoms. The summed E-state index contributed by atoms with van der Waals surface area (Å²) in [6.07, 6.45) is -0.776. The number of carbonyl (C=O) groups excluding carboxylic acids is 1. The first kappa shape index (κ1) is 13.3. The summed E-state index contributed by atoms with van der Waals surface area (Å²) < 4.78 is 21.4. The van der Waals surface area contributed by atoms with Crippen LogP contribution in [0.15, 0.2) is 48.5 Å². The maximum atomic E-state index is 12.1.